The molecule has 0 fully saturated rings. The summed E-state index contributed by atoms with van der Waals surface area (Å²) in [7, 11) is 0. The van der Waals surface area contributed by atoms with Crippen molar-refractivity contribution in [1.82, 2.24) is 4.98 Å². The van der Waals surface area contributed by atoms with Crippen LogP contribution in [0.15, 0.2) is 42.6 Å². The lowest BCUT2D eigenvalue weighted by Crippen LogP contribution is -2.00. The summed E-state index contributed by atoms with van der Waals surface area (Å²) in [4.78, 5) is 3.96. The summed E-state index contributed by atoms with van der Waals surface area (Å²) >= 11 is 5.96. The fraction of sp³-hybridized carbons (Fsp3) is 0.0769. The van der Waals surface area contributed by atoms with Crippen LogP contribution >= 0.6 is 11.6 Å². The summed E-state index contributed by atoms with van der Waals surface area (Å²) in [6, 6.07) is 12.8. The monoisotopic (exact) mass is 244 g/mol. The van der Waals surface area contributed by atoms with Crippen molar-refractivity contribution in [2.24, 2.45) is 0 Å². The molecule has 0 saturated carbocycles. The van der Waals surface area contributed by atoms with E-state index in [1.54, 1.807) is 24.4 Å². The molecule has 0 unspecified atom stereocenters. The van der Waals surface area contributed by atoms with Gasteiger partial charge in [0.1, 0.15) is 24.1 Å². The van der Waals surface area contributed by atoms with E-state index >= 15 is 0 Å². The summed E-state index contributed by atoms with van der Waals surface area (Å²) in [5.41, 5.74) is 1.12. The topological polar surface area (TPSA) is 45.9 Å². The number of hydrogen-bond donors (Lipinski definition) is 0. The Morgan fingerprint density at radius 1 is 1.24 bits per heavy atom. The molecule has 2 aromatic rings. The lowest BCUT2D eigenvalue weighted by Gasteiger charge is -2.08. The van der Waals surface area contributed by atoms with Crippen molar-refractivity contribution in [3.05, 3.63) is 58.9 Å². The molecule has 1 aromatic carbocycles. The number of nitrogens with zero attached hydrogens (tertiary/aromatic N) is 2. The second-order valence-corrected chi connectivity index (χ2v) is 3.75. The number of pyridine rings is 1. The number of hydrogen-bond acceptors (Lipinski definition) is 3. The van der Waals surface area contributed by atoms with Gasteiger partial charge in [-0.2, -0.15) is 5.26 Å². The molecule has 0 aliphatic heterocycles. The Balaban J connectivity index is 2.13. The Morgan fingerprint density at radius 2 is 2.06 bits per heavy atom. The minimum atomic E-state index is 0.278. The molecular formula is C13H9ClN2O. The molecule has 3 nitrogen and oxygen atoms in total. The predicted octanol–water partition coefficient (Wildman–Crippen LogP) is 3.19. The molecule has 0 aliphatic carbocycles. The third-order valence-electron chi connectivity index (χ3n) is 2.22. The molecule has 0 atom stereocenters. The molecule has 2 rings (SSSR count). The molecule has 0 amide bonds. The molecule has 0 spiro atoms. The summed E-state index contributed by atoms with van der Waals surface area (Å²) in [6.45, 7) is 0.278. The van der Waals surface area contributed by atoms with E-state index in [0.29, 0.717) is 16.5 Å². The van der Waals surface area contributed by atoms with Gasteiger partial charge in [-0.15, -0.1) is 0 Å². The molecule has 0 N–H and O–H groups in total. The van der Waals surface area contributed by atoms with E-state index in [1.165, 1.54) is 0 Å². The van der Waals surface area contributed by atoms with Crippen LogP contribution < -0.4 is 4.74 Å². The maximum absolute atomic E-state index is 8.88. The van der Waals surface area contributed by atoms with Gasteiger partial charge in [0.05, 0.1) is 5.02 Å². The average Bonchev–Trinajstić information content (AvgIpc) is 2.38. The smallest absolute Gasteiger partial charge is 0.147 e. The number of nitriles is 1. The fourth-order valence-electron chi connectivity index (χ4n) is 1.37. The van der Waals surface area contributed by atoms with E-state index in [2.05, 4.69) is 4.98 Å². The summed E-state index contributed by atoms with van der Waals surface area (Å²) in [5, 5.41) is 9.43. The van der Waals surface area contributed by atoms with Crippen molar-refractivity contribution in [2.75, 3.05) is 0 Å². The van der Waals surface area contributed by atoms with Gasteiger partial charge in [0.15, 0.2) is 0 Å². The Labute approximate surface area is 104 Å². The van der Waals surface area contributed by atoms with Crippen molar-refractivity contribution in [2.45, 2.75) is 6.61 Å². The van der Waals surface area contributed by atoms with Crippen molar-refractivity contribution in [3.8, 4) is 11.8 Å². The maximum atomic E-state index is 8.88. The van der Waals surface area contributed by atoms with Gasteiger partial charge in [-0.1, -0.05) is 29.8 Å². The quantitative estimate of drug-likeness (QED) is 0.833. The minimum Gasteiger partial charge on any atom is -0.487 e. The summed E-state index contributed by atoms with van der Waals surface area (Å²) < 4.78 is 5.54. The SMILES string of the molecule is N#Cc1ncccc1COc1ccccc1Cl. The van der Waals surface area contributed by atoms with Crippen molar-refractivity contribution >= 4 is 11.6 Å². The maximum Gasteiger partial charge on any atom is 0.147 e. The second-order valence-electron chi connectivity index (χ2n) is 3.34. The van der Waals surface area contributed by atoms with Gasteiger partial charge in [0, 0.05) is 11.8 Å². The van der Waals surface area contributed by atoms with E-state index in [0.717, 1.165) is 5.56 Å². The highest BCUT2D eigenvalue weighted by Crippen LogP contribution is 2.24. The fourth-order valence-corrected chi connectivity index (χ4v) is 1.56. The minimum absolute atomic E-state index is 0.278. The molecule has 0 bridgehead atoms. The Bertz CT molecular complexity index is 563. The zero-order valence-electron chi connectivity index (χ0n) is 8.93. The molecule has 1 aromatic heterocycles. The van der Waals surface area contributed by atoms with Gasteiger partial charge in [-0.05, 0) is 18.2 Å². The van der Waals surface area contributed by atoms with Crippen molar-refractivity contribution in [3.63, 3.8) is 0 Å². The van der Waals surface area contributed by atoms with Gasteiger partial charge < -0.3 is 4.74 Å². The average molecular weight is 245 g/mol. The molecule has 0 saturated heterocycles. The standard InChI is InChI=1S/C13H9ClN2O/c14-11-5-1-2-6-13(11)17-9-10-4-3-7-16-12(10)8-15/h1-7H,9H2. The van der Waals surface area contributed by atoms with Crippen LogP contribution in [-0.2, 0) is 6.61 Å². The molecule has 0 aliphatic rings. The van der Waals surface area contributed by atoms with Crippen LogP contribution in [0.2, 0.25) is 5.02 Å². The third-order valence-corrected chi connectivity index (χ3v) is 2.53. The molecule has 4 heteroatoms. The van der Waals surface area contributed by atoms with E-state index in [9.17, 15) is 0 Å². The summed E-state index contributed by atoms with van der Waals surface area (Å²) in [6.07, 6.45) is 1.58. The van der Waals surface area contributed by atoms with Crippen LogP contribution in [0.3, 0.4) is 0 Å². The van der Waals surface area contributed by atoms with Crippen LogP contribution in [0.4, 0.5) is 0 Å². The second kappa shape index (κ2) is 5.33. The number of benzene rings is 1. The van der Waals surface area contributed by atoms with Crippen molar-refractivity contribution < 1.29 is 4.74 Å². The Morgan fingerprint density at radius 3 is 2.82 bits per heavy atom. The number of halogens is 1. The molecule has 0 radical (unpaired) electrons. The highest BCUT2D eigenvalue weighted by atomic mass is 35.5. The van der Waals surface area contributed by atoms with Gasteiger partial charge in [0.2, 0.25) is 0 Å². The number of rotatable bonds is 3. The lowest BCUT2D eigenvalue weighted by molar-refractivity contribution is 0.305. The number of ether oxygens (including phenoxy) is 1. The van der Waals surface area contributed by atoms with Gasteiger partial charge >= 0.3 is 0 Å². The van der Waals surface area contributed by atoms with Crippen molar-refractivity contribution in [1.29, 1.82) is 5.26 Å². The molecule has 1 heterocycles. The first-order valence-electron chi connectivity index (χ1n) is 5.02. The van der Waals surface area contributed by atoms with Crippen LogP contribution in [-0.4, -0.2) is 4.98 Å². The largest absolute Gasteiger partial charge is 0.487 e. The zero-order valence-corrected chi connectivity index (χ0v) is 9.69. The first-order chi connectivity index (χ1) is 8.31. The van der Waals surface area contributed by atoms with E-state index in [4.69, 9.17) is 21.6 Å². The van der Waals surface area contributed by atoms with Gasteiger partial charge in [-0.25, -0.2) is 4.98 Å². The first kappa shape index (κ1) is 11.4. The first-order valence-corrected chi connectivity index (χ1v) is 5.40. The predicted molar refractivity (Wildman–Crippen MR) is 64.7 cm³/mol. The Hall–Kier alpha value is -2.05. The van der Waals surface area contributed by atoms with Gasteiger partial charge in [-0.3, -0.25) is 0 Å². The highest BCUT2D eigenvalue weighted by Gasteiger charge is 2.04. The normalized spacial score (nSPS) is 9.65. The number of para-hydroxylation sites is 1. The molecule has 17 heavy (non-hydrogen) atoms. The van der Waals surface area contributed by atoms with Crippen LogP contribution in [0.25, 0.3) is 0 Å². The number of aromatic nitrogens is 1. The molecule has 84 valence electrons. The van der Waals surface area contributed by atoms with E-state index in [-0.39, 0.29) is 6.61 Å². The third kappa shape index (κ3) is 2.74. The molecular weight excluding hydrogens is 236 g/mol. The Kier molecular flexibility index (Phi) is 3.59. The van der Waals surface area contributed by atoms with Crippen LogP contribution in [0, 0.1) is 11.3 Å². The summed E-state index contributed by atoms with van der Waals surface area (Å²) in [5.74, 6) is 0.599. The zero-order chi connectivity index (χ0) is 12.1. The van der Waals surface area contributed by atoms with E-state index < -0.39 is 0 Å². The van der Waals surface area contributed by atoms with Gasteiger partial charge in [0.25, 0.3) is 0 Å². The lowest BCUT2D eigenvalue weighted by atomic mass is 10.2. The van der Waals surface area contributed by atoms with Crippen LogP contribution in [0.5, 0.6) is 5.75 Å². The van der Waals surface area contributed by atoms with Crippen LogP contribution in [0.1, 0.15) is 11.3 Å². The van der Waals surface area contributed by atoms with E-state index in [1.807, 2.05) is 24.3 Å². The highest BCUT2D eigenvalue weighted by molar-refractivity contribution is 6.32.